The molecule has 0 bridgehead atoms. The number of carbonyl (C=O) groups excluding carboxylic acids is 2. The van der Waals surface area contributed by atoms with Gasteiger partial charge in [0.15, 0.2) is 5.13 Å². The van der Waals surface area contributed by atoms with Crippen molar-refractivity contribution in [2.24, 2.45) is 0 Å². The minimum Gasteiger partial charge on any atom is -0.356 e. The van der Waals surface area contributed by atoms with E-state index in [4.69, 9.17) is 23.2 Å². The number of hydrogen-bond acceptors (Lipinski definition) is 5. The topological polar surface area (TPSA) is 84.0 Å². The molecule has 0 aliphatic rings. The number of halogens is 2. The highest BCUT2D eigenvalue weighted by Gasteiger charge is 2.15. The molecule has 0 aliphatic carbocycles. The third kappa shape index (κ3) is 6.00. The molecule has 0 atom stereocenters. The maximum absolute atomic E-state index is 12.4. The van der Waals surface area contributed by atoms with E-state index in [1.807, 2.05) is 29.6 Å². The SMILES string of the molecule is CC(=O)NCCCc1ccc(-c2csc(NC(=O)c3nc(Cl)ccc3Cl)n2)cc1. The second-order valence-electron chi connectivity index (χ2n) is 6.24. The standard InChI is InChI=1S/C20H18Cl2N4O2S/c1-12(27)23-10-2-3-13-4-6-14(7-5-13)16-11-29-20(24-16)26-19(28)18-15(21)8-9-17(22)25-18/h4-9,11H,2-3,10H2,1H3,(H,23,27)(H,24,26,28). The molecule has 0 saturated heterocycles. The monoisotopic (exact) mass is 448 g/mol. The van der Waals surface area contributed by atoms with E-state index in [2.05, 4.69) is 20.6 Å². The van der Waals surface area contributed by atoms with Gasteiger partial charge in [0.1, 0.15) is 10.8 Å². The van der Waals surface area contributed by atoms with Crippen LogP contribution in [0.15, 0.2) is 41.8 Å². The van der Waals surface area contributed by atoms with Gasteiger partial charge in [-0.15, -0.1) is 11.3 Å². The molecule has 3 rings (SSSR count). The molecule has 0 radical (unpaired) electrons. The van der Waals surface area contributed by atoms with Gasteiger partial charge in [-0.25, -0.2) is 9.97 Å². The van der Waals surface area contributed by atoms with Gasteiger partial charge in [0, 0.05) is 24.4 Å². The Bertz CT molecular complexity index is 1020. The smallest absolute Gasteiger partial charge is 0.277 e. The summed E-state index contributed by atoms with van der Waals surface area (Å²) in [6, 6.07) is 11.1. The van der Waals surface area contributed by atoms with Crippen LogP contribution in [-0.2, 0) is 11.2 Å². The number of amides is 2. The summed E-state index contributed by atoms with van der Waals surface area (Å²) >= 11 is 13.2. The number of anilines is 1. The summed E-state index contributed by atoms with van der Waals surface area (Å²) in [5.74, 6) is -0.479. The van der Waals surface area contributed by atoms with Crippen LogP contribution in [0.1, 0.15) is 29.4 Å². The predicted octanol–water partition coefficient (Wildman–Crippen LogP) is 4.83. The zero-order valence-electron chi connectivity index (χ0n) is 15.5. The molecule has 6 nitrogen and oxygen atoms in total. The molecule has 2 aromatic heterocycles. The third-order valence-electron chi connectivity index (χ3n) is 4.02. The minimum atomic E-state index is -0.465. The zero-order chi connectivity index (χ0) is 20.8. The van der Waals surface area contributed by atoms with Gasteiger partial charge in [-0.2, -0.15) is 0 Å². The highest BCUT2D eigenvalue weighted by atomic mass is 35.5. The summed E-state index contributed by atoms with van der Waals surface area (Å²) in [6.45, 7) is 2.18. The van der Waals surface area contributed by atoms with Crippen molar-refractivity contribution in [2.45, 2.75) is 19.8 Å². The molecule has 9 heteroatoms. The molecule has 1 aromatic carbocycles. The first-order valence-corrected chi connectivity index (χ1v) is 10.5. The summed E-state index contributed by atoms with van der Waals surface area (Å²) in [5, 5.41) is 8.21. The van der Waals surface area contributed by atoms with Gasteiger partial charge in [0.25, 0.3) is 5.91 Å². The first-order chi connectivity index (χ1) is 13.9. The normalized spacial score (nSPS) is 10.6. The maximum atomic E-state index is 12.4. The lowest BCUT2D eigenvalue weighted by Gasteiger charge is -2.04. The second-order valence-corrected chi connectivity index (χ2v) is 7.89. The van der Waals surface area contributed by atoms with Gasteiger partial charge >= 0.3 is 0 Å². The van der Waals surface area contributed by atoms with Crippen LogP contribution in [0, 0.1) is 0 Å². The Balaban J connectivity index is 1.61. The number of hydrogen-bond donors (Lipinski definition) is 2. The van der Waals surface area contributed by atoms with Crippen LogP contribution in [0.2, 0.25) is 10.2 Å². The first kappa shape index (κ1) is 21.2. The van der Waals surface area contributed by atoms with E-state index in [0.29, 0.717) is 11.7 Å². The summed E-state index contributed by atoms with van der Waals surface area (Å²) in [7, 11) is 0. The molecule has 3 aromatic rings. The molecule has 2 heterocycles. The molecule has 2 amide bonds. The fourth-order valence-electron chi connectivity index (χ4n) is 2.60. The van der Waals surface area contributed by atoms with Gasteiger partial charge < -0.3 is 5.32 Å². The lowest BCUT2D eigenvalue weighted by molar-refractivity contribution is -0.118. The van der Waals surface area contributed by atoms with Gasteiger partial charge in [-0.1, -0.05) is 47.5 Å². The van der Waals surface area contributed by atoms with Crippen molar-refractivity contribution in [3.8, 4) is 11.3 Å². The van der Waals surface area contributed by atoms with Gasteiger partial charge in [0.2, 0.25) is 5.91 Å². The van der Waals surface area contributed by atoms with E-state index in [9.17, 15) is 9.59 Å². The number of nitrogens with one attached hydrogen (secondary N) is 2. The number of benzene rings is 1. The molecule has 2 N–H and O–H groups in total. The molecule has 0 aliphatic heterocycles. The number of thiazole rings is 1. The average molecular weight is 449 g/mol. The number of nitrogens with zero attached hydrogens (tertiary/aromatic N) is 2. The van der Waals surface area contributed by atoms with E-state index >= 15 is 0 Å². The number of aryl methyl sites for hydroxylation is 1. The molecule has 29 heavy (non-hydrogen) atoms. The van der Waals surface area contributed by atoms with Crippen molar-refractivity contribution in [2.75, 3.05) is 11.9 Å². The number of aromatic nitrogens is 2. The van der Waals surface area contributed by atoms with Crippen molar-refractivity contribution >= 4 is 51.5 Å². The fraction of sp³-hybridized carbons (Fsp3) is 0.200. The summed E-state index contributed by atoms with van der Waals surface area (Å²) in [5.41, 5.74) is 2.95. The Kier molecular flexibility index (Phi) is 7.19. The molecule has 0 saturated carbocycles. The van der Waals surface area contributed by atoms with Crippen LogP contribution < -0.4 is 10.6 Å². The van der Waals surface area contributed by atoms with Crippen molar-refractivity contribution in [1.82, 2.24) is 15.3 Å². The average Bonchev–Trinajstić information content (AvgIpc) is 3.16. The Morgan fingerprint density at radius 3 is 2.55 bits per heavy atom. The van der Waals surface area contributed by atoms with Crippen molar-refractivity contribution < 1.29 is 9.59 Å². The Morgan fingerprint density at radius 1 is 1.07 bits per heavy atom. The second kappa shape index (κ2) is 9.82. The number of rotatable bonds is 7. The number of carbonyl (C=O) groups is 2. The summed E-state index contributed by atoms with van der Waals surface area (Å²) < 4.78 is 0. The molecule has 0 spiro atoms. The van der Waals surface area contributed by atoms with Crippen molar-refractivity contribution in [3.05, 3.63) is 63.2 Å². The molecular formula is C20H18Cl2N4O2S. The molecule has 150 valence electrons. The first-order valence-electron chi connectivity index (χ1n) is 8.85. The quantitative estimate of drug-likeness (QED) is 0.400. The lowest BCUT2D eigenvalue weighted by Crippen LogP contribution is -2.21. The van der Waals surface area contributed by atoms with Crippen molar-refractivity contribution in [1.29, 1.82) is 0 Å². The van der Waals surface area contributed by atoms with Crippen molar-refractivity contribution in [3.63, 3.8) is 0 Å². The highest BCUT2D eigenvalue weighted by Crippen LogP contribution is 2.26. The van der Waals surface area contributed by atoms with Gasteiger partial charge in [-0.3, -0.25) is 14.9 Å². The minimum absolute atomic E-state index is 0.0137. The largest absolute Gasteiger partial charge is 0.356 e. The van der Waals surface area contributed by atoms with Gasteiger partial charge in [0.05, 0.1) is 10.7 Å². The molecule has 0 unspecified atom stereocenters. The van der Waals surface area contributed by atoms with Crippen LogP contribution in [0.3, 0.4) is 0 Å². The third-order valence-corrected chi connectivity index (χ3v) is 5.29. The summed E-state index contributed by atoms with van der Waals surface area (Å²) in [6.07, 6.45) is 1.76. The Morgan fingerprint density at radius 2 is 1.83 bits per heavy atom. The Hall–Kier alpha value is -2.48. The van der Waals surface area contributed by atoms with Crippen LogP contribution in [-0.4, -0.2) is 28.3 Å². The summed E-state index contributed by atoms with van der Waals surface area (Å²) in [4.78, 5) is 31.7. The van der Waals surface area contributed by atoms with Crippen LogP contribution in [0.4, 0.5) is 5.13 Å². The Labute approximate surface area is 182 Å². The maximum Gasteiger partial charge on any atom is 0.277 e. The zero-order valence-corrected chi connectivity index (χ0v) is 17.9. The van der Waals surface area contributed by atoms with Crippen LogP contribution in [0.25, 0.3) is 11.3 Å². The highest BCUT2D eigenvalue weighted by molar-refractivity contribution is 7.14. The van der Waals surface area contributed by atoms with E-state index in [-0.39, 0.29) is 21.8 Å². The molecular weight excluding hydrogens is 431 g/mol. The van der Waals surface area contributed by atoms with Crippen LogP contribution >= 0.6 is 34.5 Å². The fourth-order valence-corrected chi connectivity index (χ4v) is 3.65. The van der Waals surface area contributed by atoms with E-state index in [1.165, 1.54) is 36.0 Å². The lowest BCUT2D eigenvalue weighted by atomic mass is 10.1. The number of pyridine rings is 1. The van der Waals surface area contributed by atoms with Crippen LogP contribution in [0.5, 0.6) is 0 Å². The molecule has 0 fully saturated rings. The predicted molar refractivity (Wildman–Crippen MR) is 117 cm³/mol. The van der Waals surface area contributed by atoms with Gasteiger partial charge in [-0.05, 0) is 30.5 Å². The van der Waals surface area contributed by atoms with E-state index in [0.717, 1.165) is 24.1 Å². The van der Waals surface area contributed by atoms with E-state index < -0.39 is 5.91 Å². The van der Waals surface area contributed by atoms with E-state index in [1.54, 1.807) is 0 Å².